The maximum absolute atomic E-state index is 15.5. The van der Waals surface area contributed by atoms with Gasteiger partial charge in [0.1, 0.15) is 22.7 Å². The highest BCUT2D eigenvalue weighted by Crippen LogP contribution is 2.40. The van der Waals surface area contributed by atoms with Crippen molar-refractivity contribution in [3.05, 3.63) is 56.9 Å². The number of benzene rings is 1. The van der Waals surface area contributed by atoms with E-state index in [4.69, 9.17) is 0 Å². The van der Waals surface area contributed by atoms with Crippen LogP contribution in [0.2, 0.25) is 0 Å². The first-order valence-electron chi connectivity index (χ1n) is 12.1. The molecule has 1 saturated heterocycles. The quantitative estimate of drug-likeness (QED) is 0.477. The second-order valence-corrected chi connectivity index (χ2v) is 9.88. The van der Waals surface area contributed by atoms with Crippen molar-refractivity contribution < 1.29 is 17.6 Å². The lowest BCUT2D eigenvalue weighted by Gasteiger charge is -2.48. The third-order valence-electron chi connectivity index (χ3n) is 7.49. The largest absolute Gasteiger partial charge is 0.416 e. The smallest absolute Gasteiger partial charge is 0.362 e. The molecule has 37 heavy (non-hydrogen) atoms. The molecule has 3 aromatic rings. The number of nitrogens with zero attached hydrogens (tertiary/aromatic N) is 6. The van der Waals surface area contributed by atoms with Gasteiger partial charge in [0.25, 0.3) is 5.56 Å². The molecule has 1 aliphatic rings. The number of alkyl halides is 3. The van der Waals surface area contributed by atoms with Gasteiger partial charge in [-0.25, -0.2) is 4.98 Å². The van der Waals surface area contributed by atoms with Crippen LogP contribution in [0.25, 0.3) is 11.2 Å². The SMILES string of the molecule is Cc1cccc(C(C)N2C[C@H](C)N(c3c(F)c(=O)n(C)c4c3nc(CC#N)n4C)C[C@H]2C)c1C(F)(F)F. The molecule has 0 spiro atoms. The number of rotatable bonds is 4. The molecular weight excluding hydrogens is 488 g/mol. The summed E-state index contributed by atoms with van der Waals surface area (Å²) in [5.74, 6) is -0.526. The summed E-state index contributed by atoms with van der Waals surface area (Å²) >= 11 is 0. The summed E-state index contributed by atoms with van der Waals surface area (Å²) in [6.07, 6.45) is -4.49. The van der Waals surface area contributed by atoms with E-state index >= 15 is 4.39 Å². The minimum absolute atomic E-state index is 0.00426. The van der Waals surface area contributed by atoms with Gasteiger partial charge >= 0.3 is 6.18 Å². The highest BCUT2D eigenvalue weighted by atomic mass is 19.4. The maximum atomic E-state index is 15.5. The number of anilines is 1. The zero-order valence-corrected chi connectivity index (χ0v) is 21.7. The Morgan fingerprint density at radius 2 is 1.84 bits per heavy atom. The van der Waals surface area contributed by atoms with E-state index in [9.17, 15) is 23.2 Å². The normalized spacial score (nSPS) is 19.9. The Hall–Kier alpha value is -3.39. The summed E-state index contributed by atoms with van der Waals surface area (Å²) in [5, 5.41) is 9.17. The molecule has 0 aliphatic carbocycles. The van der Waals surface area contributed by atoms with Crippen LogP contribution in [0.15, 0.2) is 23.0 Å². The summed E-state index contributed by atoms with van der Waals surface area (Å²) in [7, 11) is 3.13. The second kappa shape index (κ2) is 9.49. The Kier molecular flexibility index (Phi) is 6.84. The van der Waals surface area contributed by atoms with Gasteiger partial charge < -0.3 is 9.47 Å². The molecule has 1 unspecified atom stereocenters. The Morgan fingerprint density at radius 1 is 1.16 bits per heavy atom. The molecule has 3 atom stereocenters. The lowest BCUT2D eigenvalue weighted by Crippen LogP contribution is -2.57. The Labute approximate surface area is 212 Å². The van der Waals surface area contributed by atoms with E-state index < -0.39 is 29.2 Å². The molecule has 0 bridgehead atoms. The van der Waals surface area contributed by atoms with Crippen molar-refractivity contribution in [3.63, 3.8) is 0 Å². The van der Waals surface area contributed by atoms with Crippen LogP contribution in [0.4, 0.5) is 23.2 Å². The highest BCUT2D eigenvalue weighted by Gasteiger charge is 2.40. The van der Waals surface area contributed by atoms with E-state index in [2.05, 4.69) is 4.98 Å². The summed E-state index contributed by atoms with van der Waals surface area (Å²) in [6, 6.07) is 5.51. The van der Waals surface area contributed by atoms with E-state index in [1.165, 1.54) is 30.7 Å². The van der Waals surface area contributed by atoms with Gasteiger partial charge in [0.05, 0.1) is 18.1 Å². The van der Waals surface area contributed by atoms with Crippen LogP contribution < -0.4 is 10.5 Å². The molecule has 4 rings (SSSR count). The monoisotopic (exact) mass is 518 g/mol. The molecule has 0 saturated carbocycles. The van der Waals surface area contributed by atoms with Crippen molar-refractivity contribution in [1.29, 1.82) is 5.26 Å². The van der Waals surface area contributed by atoms with Crippen molar-refractivity contribution in [1.82, 2.24) is 19.0 Å². The van der Waals surface area contributed by atoms with Crippen LogP contribution in [0.1, 0.15) is 49.3 Å². The second-order valence-electron chi connectivity index (χ2n) is 9.88. The van der Waals surface area contributed by atoms with Crippen molar-refractivity contribution in [2.75, 3.05) is 18.0 Å². The molecule has 7 nitrogen and oxygen atoms in total. The number of aromatic nitrogens is 3. The first-order chi connectivity index (χ1) is 17.3. The molecular formula is C26H30F4N6O. The van der Waals surface area contributed by atoms with Gasteiger partial charge in [0.15, 0.2) is 0 Å². The van der Waals surface area contributed by atoms with Gasteiger partial charge in [-0.05, 0) is 38.8 Å². The van der Waals surface area contributed by atoms with Gasteiger partial charge in [0, 0.05) is 45.3 Å². The molecule has 1 fully saturated rings. The lowest BCUT2D eigenvalue weighted by molar-refractivity contribution is -0.139. The summed E-state index contributed by atoms with van der Waals surface area (Å²) in [4.78, 5) is 21.1. The number of piperazine rings is 1. The third-order valence-corrected chi connectivity index (χ3v) is 7.49. The van der Waals surface area contributed by atoms with Crippen LogP contribution >= 0.6 is 0 Å². The fraction of sp³-hybridized carbons (Fsp3) is 0.500. The molecule has 1 aromatic carbocycles. The van der Waals surface area contributed by atoms with Gasteiger partial charge in [-0.15, -0.1) is 0 Å². The van der Waals surface area contributed by atoms with E-state index in [-0.39, 0.29) is 47.4 Å². The molecule has 2 aromatic heterocycles. The van der Waals surface area contributed by atoms with Crippen molar-refractivity contribution in [3.8, 4) is 6.07 Å². The predicted molar refractivity (Wildman–Crippen MR) is 133 cm³/mol. The maximum Gasteiger partial charge on any atom is 0.416 e. The van der Waals surface area contributed by atoms with E-state index in [1.54, 1.807) is 29.5 Å². The number of hydrogen-bond acceptors (Lipinski definition) is 5. The number of nitriles is 1. The highest BCUT2D eigenvalue weighted by molar-refractivity contribution is 5.87. The fourth-order valence-electron chi connectivity index (χ4n) is 5.63. The van der Waals surface area contributed by atoms with Crippen LogP contribution in [0.3, 0.4) is 0 Å². The lowest BCUT2D eigenvalue weighted by atomic mass is 9.93. The standard InChI is InChI=1S/C26H30F4N6O/c1-14-8-7-9-18(20(14)26(28,29)30)17(4)35-12-16(3)36(13-15(35)2)23-21(27)25(37)34(6)24-22(23)32-19(10-11-31)33(24)5/h7-9,15-17H,10,12-13H2,1-6H3/t15-,16+,17?/m1/s1. The third kappa shape index (κ3) is 4.37. The van der Waals surface area contributed by atoms with Crippen LogP contribution in [0, 0.1) is 24.1 Å². The number of aryl methyl sites for hydroxylation is 3. The molecule has 0 radical (unpaired) electrons. The minimum Gasteiger partial charge on any atom is -0.362 e. The average Bonchev–Trinajstić information content (AvgIpc) is 3.14. The van der Waals surface area contributed by atoms with Crippen LogP contribution in [0.5, 0.6) is 0 Å². The van der Waals surface area contributed by atoms with Gasteiger partial charge in [-0.3, -0.25) is 14.3 Å². The van der Waals surface area contributed by atoms with E-state index in [0.717, 1.165) is 0 Å². The summed E-state index contributed by atoms with van der Waals surface area (Å²) in [6.45, 7) is 7.58. The number of halogens is 4. The topological polar surface area (TPSA) is 70.1 Å². The minimum atomic E-state index is -4.48. The number of imidazole rings is 1. The zero-order chi connectivity index (χ0) is 27.4. The molecule has 11 heteroatoms. The van der Waals surface area contributed by atoms with E-state index in [0.29, 0.717) is 18.0 Å². The molecule has 1 aliphatic heterocycles. The average molecular weight is 519 g/mol. The van der Waals surface area contributed by atoms with Crippen LogP contribution in [-0.2, 0) is 26.7 Å². The van der Waals surface area contributed by atoms with Crippen molar-refractivity contribution >= 4 is 16.9 Å². The number of fused-ring (bicyclic) bond motifs is 1. The number of hydrogen-bond donors (Lipinski definition) is 0. The number of pyridine rings is 1. The Bertz CT molecular complexity index is 1450. The Balaban J connectivity index is 1.76. The molecule has 3 heterocycles. The molecule has 0 amide bonds. The molecule has 198 valence electrons. The summed E-state index contributed by atoms with van der Waals surface area (Å²) < 4.78 is 60.1. The van der Waals surface area contributed by atoms with Crippen molar-refractivity contribution in [2.45, 2.75) is 58.4 Å². The first-order valence-corrected chi connectivity index (χ1v) is 12.1. The summed E-state index contributed by atoms with van der Waals surface area (Å²) in [5.41, 5.74) is -0.308. The predicted octanol–water partition coefficient (Wildman–Crippen LogP) is 4.46. The van der Waals surface area contributed by atoms with Gasteiger partial charge in [0.2, 0.25) is 5.82 Å². The van der Waals surface area contributed by atoms with Crippen molar-refractivity contribution in [2.24, 2.45) is 14.1 Å². The van der Waals surface area contributed by atoms with Gasteiger partial charge in [-0.2, -0.15) is 22.8 Å². The van der Waals surface area contributed by atoms with Gasteiger partial charge in [-0.1, -0.05) is 18.2 Å². The first kappa shape index (κ1) is 26.7. The Morgan fingerprint density at radius 3 is 2.46 bits per heavy atom. The zero-order valence-electron chi connectivity index (χ0n) is 21.7. The van der Waals surface area contributed by atoms with Crippen LogP contribution in [-0.4, -0.2) is 44.2 Å². The fourth-order valence-corrected chi connectivity index (χ4v) is 5.63. The molecule has 0 N–H and O–H groups in total. The van der Waals surface area contributed by atoms with E-state index in [1.807, 2.05) is 24.8 Å².